The van der Waals surface area contributed by atoms with Crippen LogP contribution in [-0.4, -0.2) is 45.3 Å². The van der Waals surface area contributed by atoms with Crippen molar-refractivity contribution in [1.82, 2.24) is 4.31 Å². The third-order valence-corrected chi connectivity index (χ3v) is 7.43. The van der Waals surface area contributed by atoms with Crippen LogP contribution < -0.4 is 10.2 Å². The topological polar surface area (TPSA) is 69.7 Å². The van der Waals surface area contributed by atoms with Crippen LogP contribution in [-0.2, 0) is 14.8 Å². The molecule has 0 atom stereocenters. The van der Waals surface area contributed by atoms with E-state index >= 15 is 0 Å². The highest BCUT2D eigenvalue weighted by Gasteiger charge is 2.32. The van der Waals surface area contributed by atoms with Gasteiger partial charge in [-0.15, -0.1) is 0 Å². The number of piperidine rings is 1. The number of hydrogen-bond acceptors (Lipinski definition) is 4. The number of aryl methyl sites for hydroxylation is 1. The smallest absolute Gasteiger partial charge is 0.243 e. The monoisotopic (exact) mass is 415 g/mol. The van der Waals surface area contributed by atoms with Gasteiger partial charge in [0.05, 0.1) is 4.90 Å². The fourth-order valence-electron chi connectivity index (χ4n) is 3.47. The molecule has 29 heavy (non-hydrogen) atoms. The van der Waals surface area contributed by atoms with Crippen LogP contribution in [0.2, 0.25) is 0 Å². The second kappa shape index (κ2) is 8.97. The number of nitrogens with one attached hydrogen (secondary N) is 1. The molecule has 0 spiro atoms. The summed E-state index contributed by atoms with van der Waals surface area (Å²) in [5, 5.41) is 2.99. The van der Waals surface area contributed by atoms with Crippen molar-refractivity contribution >= 4 is 27.3 Å². The molecule has 2 aromatic carbocycles. The lowest BCUT2D eigenvalue weighted by Crippen LogP contribution is -2.41. The maximum atomic E-state index is 12.8. The van der Waals surface area contributed by atoms with Crippen molar-refractivity contribution in [3.8, 4) is 0 Å². The minimum absolute atomic E-state index is 0.0475. The largest absolute Gasteiger partial charge is 0.375 e. The summed E-state index contributed by atoms with van der Waals surface area (Å²) in [5.74, 6) is -0.235. The molecule has 2 aromatic rings. The number of hydrogen-bond donors (Lipinski definition) is 1. The van der Waals surface area contributed by atoms with Crippen LogP contribution in [0.4, 0.5) is 11.4 Å². The first-order valence-electron chi connectivity index (χ1n) is 10.00. The molecule has 0 aliphatic carbocycles. The predicted molar refractivity (Wildman–Crippen MR) is 117 cm³/mol. The molecule has 3 rings (SSSR count). The molecule has 1 heterocycles. The Morgan fingerprint density at radius 3 is 2.41 bits per heavy atom. The van der Waals surface area contributed by atoms with E-state index in [4.69, 9.17) is 0 Å². The summed E-state index contributed by atoms with van der Waals surface area (Å²) in [7, 11) is -1.50. The molecule has 7 heteroatoms. The zero-order valence-corrected chi connectivity index (χ0v) is 18.1. The Morgan fingerprint density at radius 1 is 1.14 bits per heavy atom. The van der Waals surface area contributed by atoms with Gasteiger partial charge >= 0.3 is 0 Å². The van der Waals surface area contributed by atoms with Gasteiger partial charge in [0.2, 0.25) is 15.9 Å². The Hall–Kier alpha value is -2.38. The van der Waals surface area contributed by atoms with E-state index in [1.807, 2.05) is 38.2 Å². The molecule has 1 N–H and O–H groups in total. The lowest BCUT2D eigenvalue weighted by molar-refractivity contribution is -0.120. The third kappa shape index (κ3) is 4.97. The first-order valence-corrected chi connectivity index (χ1v) is 11.4. The molecule has 156 valence electrons. The van der Waals surface area contributed by atoms with E-state index in [2.05, 4.69) is 17.1 Å². The van der Waals surface area contributed by atoms with Crippen molar-refractivity contribution in [2.45, 2.75) is 31.6 Å². The van der Waals surface area contributed by atoms with E-state index < -0.39 is 10.0 Å². The number of nitrogens with zero attached hydrogens (tertiary/aromatic N) is 2. The maximum absolute atomic E-state index is 12.8. The van der Waals surface area contributed by atoms with E-state index in [1.165, 1.54) is 4.31 Å². The molecule has 0 unspecified atom stereocenters. The Labute approximate surface area is 173 Å². The second-order valence-electron chi connectivity index (χ2n) is 7.55. The fourth-order valence-corrected chi connectivity index (χ4v) is 4.94. The molecule has 0 aromatic heterocycles. The number of sulfonamides is 1. The van der Waals surface area contributed by atoms with Gasteiger partial charge in [-0.05, 0) is 57.0 Å². The number of carbonyl (C=O) groups excluding carboxylic acids is 1. The molecular weight excluding hydrogens is 386 g/mol. The summed E-state index contributed by atoms with van der Waals surface area (Å²) in [4.78, 5) is 15.1. The van der Waals surface area contributed by atoms with Gasteiger partial charge in [0.1, 0.15) is 0 Å². The standard InChI is InChI=1S/C22H29N3O3S/c1-4-24(3)20-7-5-6-19(16-20)23-22(26)18-12-14-25(15-13-18)29(27,28)21-10-8-17(2)9-11-21/h5-11,16,18H,4,12-15H2,1-3H3,(H,23,26). The van der Waals surface area contributed by atoms with E-state index in [0.29, 0.717) is 30.8 Å². The van der Waals surface area contributed by atoms with Gasteiger partial charge in [0.15, 0.2) is 0 Å². The molecular formula is C22H29N3O3S. The zero-order valence-electron chi connectivity index (χ0n) is 17.3. The molecule has 1 saturated heterocycles. The molecule has 0 saturated carbocycles. The van der Waals surface area contributed by atoms with Gasteiger partial charge in [0, 0.05) is 44.0 Å². The lowest BCUT2D eigenvalue weighted by Gasteiger charge is -2.30. The molecule has 1 aliphatic rings. The van der Waals surface area contributed by atoms with Gasteiger partial charge in [-0.2, -0.15) is 4.31 Å². The third-order valence-electron chi connectivity index (χ3n) is 5.51. The van der Waals surface area contributed by atoms with Crippen molar-refractivity contribution in [2.24, 2.45) is 5.92 Å². The van der Waals surface area contributed by atoms with E-state index in [1.54, 1.807) is 24.3 Å². The van der Waals surface area contributed by atoms with E-state index in [9.17, 15) is 13.2 Å². The maximum Gasteiger partial charge on any atom is 0.243 e. The van der Waals surface area contributed by atoms with E-state index in [0.717, 1.165) is 23.5 Å². The summed E-state index contributed by atoms with van der Waals surface area (Å²) < 4.78 is 27.1. The number of carbonyl (C=O) groups is 1. The summed E-state index contributed by atoms with van der Waals surface area (Å²) in [6.45, 7) is 5.59. The summed E-state index contributed by atoms with van der Waals surface area (Å²) in [5.41, 5.74) is 2.83. The number of rotatable bonds is 6. The highest BCUT2D eigenvalue weighted by molar-refractivity contribution is 7.89. The normalized spacial score (nSPS) is 15.8. The van der Waals surface area contributed by atoms with Crippen molar-refractivity contribution in [1.29, 1.82) is 0 Å². The van der Waals surface area contributed by atoms with Crippen LogP contribution in [0.25, 0.3) is 0 Å². The molecule has 6 nitrogen and oxygen atoms in total. The highest BCUT2D eigenvalue weighted by atomic mass is 32.2. The summed E-state index contributed by atoms with van der Waals surface area (Å²) >= 11 is 0. The van der Waals surface area contributed by atoms with Crippen molar-refractivity contribution in [3.63, 3.8) is 0 Å². The van der Waals surface area contributed by atoms with Gasteiger partial charge < -0.3 is 10.2 Å². The zero-order chi connectivity index (χ0) is 21.0. The molecule has 0 radical (unpaired) electrons. The average molecular weight is 416 g/mol. The minimum atomic E-state index is -3.51. The van der Waals surface area contributed by atoms with Crippen molar-refractivity contribution in [2.75, 3.05) is 36.9 Å². The number of benzene rings is 2. The Morgan fingerprint density at radius 2 is 1.79 bits per heavy atom. The first kappa shape index (κ1) is 21.3. The minimum Gasteiger partial charge on any atom is -0.375 e. The Bertz CT molecular complexity index is 950. The lowest BCUT2D eigenvalue weighted by atomic mass is 9.97. The molecule has 1 aliphatic heterocycles. The second-order valence-corrected chi connectivity index (χ2v) is 9.48. The van der Waals surface area contributed by atoms with Crippen LogP contribution in [0.3, 0.4) is 0 Å². The summed E-state index contributed by atoms with van der Waals surface area (Å²) in [6, 6.07) is 14.7. The highest BCUT2D eigenvalue weighted by Crippen LogP contribution is 2.26. The van der Waals surface area contributed by atoms with Gasteiger partial charge in [-0.3, -0.25) is 4.79 Å². The fraction of sp³-hybridized carbons (Fsp3) is 0.409. The molecule has 0 bridgehead atoms. The van der Waals surface area contributed by atoms with Crippen LogP contribution in [0.1, 0.15) is 25.3 Å². The predicted octanol–water partition coefficient (Wildman–Crippen LogP) is 3.49. The average Bonchev–Trinajstić information content (AvgIpc) is 2.73. The van der Waals surface area contributed by atoms with Crippen molar-refractivity contribution < 1.29 is 13.2 Å². The number of amides is 1. The first-order chi connectivity index (χ1) is 13.8. The van der Waals surface area contributed by atoms with Crippen LogP contribution in [0, 0.1) is 12.8 Å². The Kier molecular flexibility index (Phi) is 6.59. The summed E-state index contributed by atoms with van der Waals surface area (Å²) in [6.07, 6.45) is 1.04. The molecule has 1 fully saturated rings. The van der Waals surface area contributed by atoms with Gasteiger partial charge in [-0.1, -0.05) is 23.8 Å². The molecule has 1 amide bonds. The van der Waals surface area contributed by atoms with Gasteiger partial charge in [0.25, 0.3) is 0 Å². The van der Waals surface area contributed by atoms with Crippen molar-refractivity contribution in [3.05, 3.63) is 54.1 Å². The Balaban J connectivity index is 1.60. The number of anilines is 2. The van der Waals surface area contributed by atoms with Crippen LogP contribution in [0.5, 0.6) is 0 Å². The van der Waals surface area contributed by atoms with E-state index in [-0.39, 0.29) is 11.8 Å². The SMILES string of the molecule is CCN(C)c1cccc(NC(=O)C2CCN(S(=O)(=O)c3ccc(C)cc3)CC2)c1. The van der Waals surface area contributed by atoms with Crippen LogP contribution >= 0.6 is 0 Å². The quantitative estimate of drug-likeness (QED) is 0.784. The van der Waals surface area contributed by atoms with Gasteiger partial charge in [-0.25, -0.2) is 8.42 Å². The van der Waals surface area contributed by atoms with Crippen LogP contribution in [0.15, 0.2) is 53.4 Å².